The van der Waals surface area contributed by atoms with Crippen molar-refractivity contribution in [1.29, 1.82) is 0 Å². The van der Waals surface area contributed by atoms with Gasteiger partial charge in [-0.25, -0.2) is 0 Å². The first-order chi connectivity index (χ1) is 13.3. The number of rotatable bonds is 7. The van der Waals surface area contributed by atoms with Crippen LogP contribution in [0.1, 0.15) is 36.8 Å². The third-order valence-corrected chi connectivity index (χ3v) is 4.84. The molecule has 2 aromatic rings. The highest BCUT2D eigenvalue weighted by atomic mass is 127. The largest absolute Gasteiger partial charge is 0.493 e. The van der Waals surface area contributed by atoms with E-state index in [0.29, 0.717) is 19.2 Å². The fourth-order valence-electron chi connectivity index (χ4n) is 3.32. The number of hydrogen-bond acceptors (Lipinski definition) is 3. The first kappa shape index (κ1) is 22.3. The van der Waals surface area contributed by atoms with Gasteiger partial charge in [0, 0.05) is 19.6 Å². The molecule has 0 spiro atoms. The van der Waals surface area contributed by atoms with E-state index in [1.165, 1.54) is 25.7 Å². The Kier molecular flexibility index (Phi) is 9.40. The van der Waals surface area contributed by atoms with E-state index in [9.17, 15) is 0 Å². The Morgan fingerprint density at radius 1 is 1.04 bits per heavy atom. The van der Waals surface area contributed by atoms with Crippen molar-refractivity contribution in [2.24, 2.45) is 4.99 Å². The minimum atomic E-state index is 0. The van der Waals surface area contributed by atoms with Gasteiger partial charge in [0.1, 0.15) is 6.61 Å². The summed E-state index contributed by atoms with van der Waals surface area (Å²) in [5, 5.41) is 6.88. The monoisotopic (exact) mass is 495 g/mol. The molecule has 3 rings (SSSR count). The molecule has 1 aliphatic rings. The zero-order chi connectivity index (χ0) is 18.9. The molecule has 1 saturated carbocycles. The summed E-state index contributed by atoms with van der Waals surface area (Å²) in [6.45, 7) is 1.20. The Hall–Kier alpha value is -1.96. The van der Waals surface area contributed by atoms with Crippen LogP contribution in [-0.2, 0) is 13.2 Å². The molecule has 0 aliphatic heterocycles. The van der Waals surface area contributed by atoms with Crippen LogP contribution in [0.4, 0.5) is 0 Å². The zero-order valence-corrected chi connectivity index (χ0v) is 18.9. The zero-order valence-electron chi connectivity index (χ0n) is 16.6. The first-order valence-corrected chi connectivity index (χ1v) is 9.59. The van der Waals surface area contributed by atoms with Gasteiger partial charge in [-0.05, 0) is 36.1 Å². The van der Waals surface area contributed by atoms with E-state index in [1.807, 2.05) is 49.5 Å². The summed E-state index contributed by atoms with van der Waals surface area (Å²) in [5.41, 5.74) is 2.25. The van der Waals surface area contributed by atoms with E-state index in [-0.39, 0.29) is 24.0 Å². The van der Waals surface area contributed by atoms with Crippen molar-refractivity contribution < 1.29 is 9.47 Å². The highest BCUT2D eigenvalue weighted by Gasteiger charge is 2.16. The van der Waals surface area contributed by atoms with Gasteiger partial charge in [0.2, 0.25) is 0 Å². The molecular formula is C22H30IN3O2. The molecule has 2 N–H and O–H groups in total. The molecule has 1 fully saturated rings. The molecule has 5 nitrogen and oxygen atoms in total. The van der Waals surface area contributed by atoms with E-state index in [1.54, 1.807) is 7.11 Å². The van der Waals surface area contributed by atoms with E-state index in [4.69, 9.17) is 9.47 Å². The molecule has 28 heavy (non-hydrogen) atoms. The fourth-order valence-corrected chi connectivity index (χ4v) is 3.32. The lowest BCUT2D eigenvalue weighted by Crippen LogP contribution is -2.41. The van der Waals surface area contributed by atoms with Crippen molar-refractivity contribution in [1.82, 2.24) is 10.6 Å². The predicted molar refractivity (Wildman–Crippen MR) is 125 cm³/mol. The minimum Gasteiger partial charge on any atom is -0.493 e. The maximum atomic E-state index is 5.92. The molecule has 0 saturated heterocycles. The van der Waals surface area contributed by atoms with Gasteiger partial charge in [-0.1, -0.05) is 49.2 Å². The Bertz CT molecular complexity index is 747. The second kappa shape index (κ2) is 11.8. The number of hydrogen-bond donors (Lipinski definition) is 2. The predicted octanol–water partition coefficient (Wildman–Crippen LogP) is 4.50. The Balaban J connectivity index is 0.00000280. The van der Waals surface area contributed by atoms with Gasteiger partial charge in [0.15, 0.2) is 17.5 Å². The van der Waals surface area contributed by atoms with E-state index < -0.39 is 0 Å². The summed E-state index contributed by atoms with van der Waals surface area (Å²) in [6.07, 6.45) is 5.05. The SMILES string of the molecule is CN=C(NCc1ccc(OCc2ccccc2)c(OC)c1)NC1CCCC1.I. The number of nitrogens with one attached hydrogen (secondary N) is 2. The van der Waals surface area contributed by atoms with Crippen molar-refractivity contribution in [3.63, 3.8) is 0 Å². The third kappa shape index (κ3) is 6.58. The third-order valence-electron chi connectivity index (χ3n) is 4.84. The summed E-state index contributed by atoms with van der Waals surface area (Å²) >= 11 is 0. The van der Waals surface area contributed by atoms with Crippen molar-refractivity contribution in [2.45, 2.75) is 44.9 Å². The van der Waals surface area contributed by atoms with Crippen molar-refractivity contribution in [3.05, 3.63) is 59.7 Å². The molecular weight excluding hydrogens is 465 g/mol. The number of ether oxygens (including phenoxy) is 2. The second-order valence-corrected chi connectivity index (χ2v) is 6.81. The highest BCUT2D eigenvalue weighted by molar-refractivity contribution is 14.0. The Morgan fingerprint density at radius 2 is 1.79 bits per heavy atom. The molecule has 6 heteroatoms. The average molecular weight is 495 g/mol. The number of guanidine groups is 1. The molecule has 0 unspecified atom stereocenters. The van der Waals surface area contributed by atoms with Gasteiger partial charge >= 0.3 is 0 Å². The number of benzene rings is 2. The number of aliphatic imine (C=N–C) groups is 1. The molecule has 0 radical (unpaired) electrons. The maximum absolute atomic E-state index is 5.92. The quantitative estimate of drug-likeness (QED) is 0.338. The van der Waals surface area contributed by atoms with Crippen molar-refractivity contribution in [2.75, 3.05) is 14.2 Å². The fraction of sp³-hybridized carbons (Fsp3) is 0.409. The number of halogens is 1. The van der Waals surface area contributed by atoms with E-state index in [2.05, 4.69) is 21.7 Å². The molecule has 2 aromatic carbocycles. The maximum Gasteiger partial charge on any atom is 0.191 e. The summed E-state index contributed by atoms with van der Waals surface area (Å²) in [6, 6.07) is 16.7. The average Bonchev–Trinajstić information content (AvgIpc) is 3.23. The van der Waals surface area contributed by atoms with E-state index in [0.717, 1.165) is 28.6 Å². The van der Waals surface area contributed by atoms with Crippen LogP contribution in [0.2, 0.25) is 0 Å². The lowest BCUT2D eigenvalue weighted by Gasteiger charge is -2.17. The lowest BCUT2D eigenvalue weighted by atomic mass is 10.2. The molecule has 0 aromatic heterocycles. The van der Waals surface area contributed by atoms with Crippen molar-refractivity contribution >= 4 is 29.9 Å². The first-order valence-electron chi connectivity index (χ1n) is 9.59. The van der Waals surface area contributed by atoms with Gasteiger partial charge in [-0.2, -0.15) is 0 Å². The lowest BCUT2D eigenvalue weighted by molar-refractivity contribution is 0.284. The highest BCUT2D eigenvalue weighted by Crippen LogP contribution is 2.28. The van der Waals surface area contributed by atoms with Crippen LogP contribution in [0.3, 0.4) is 0 Å². The summed E-state index contributed by atoms with van der Waals surface area (Å²) in [5.74, 6) is 2.34. The Morgan fingerprint density at radius 3 is 2.46 bits per heavy atom. The summed E-state index contributed by atoms with van der Waals surface area (Å²) < 4.78 is 11.4. The molecule has 0 heterocycles. The smallest absolute Gasteiger partial charge is 0.191 e. The number of nitrogens with zero attached hydrogens (tertiary/aromatic N) is 1. The minimum absolute atomic E-state index is 0. The molecule has 1 aliphatic carbocycles. The van der Waals surface area contributed by atoms with Gasteiger partial charge < -0.3 is 20.1 Å². The van der Waals surface area contributed by atoms with Crippen molar-refractivity contribution in [3.8, 4) is 11.5 Å². The van der Waals surface area contributed by atoms with Gasteiger partial charge in [-0.15, -0.1) is 24.0 Å². The Labute approximate surface area is 184 Å². The molecule has 0 atom stereocenters. The molecule has 0 bridgehead atoms. The second-order valence-electron chi connectivity index (χ2n) is 6.81. The van der Waals surface area contributed by atoms with Gasteiger partial charge in [-0.3, -0.25) is 4.99 Å². The summed E-state index contributed by atoms with van der Waals surface area (Å²) in [4.78, 5) is 4.33. The summed E-state index contributed by atoms with van der Waals surface area (Å²) in [7, 11) is 3.48. The van der Waals surface area contributed by atoms with E-state index >= 15 is 0 Å². The standard InChI is InChI=1S/C22H29N3O2.HI/c1-23-22(25-19-10-6-7-11-19)24-15-18-12-13-20(21(14-18)26-2)27-16-17-8-4-3-5-9-17;/h3-5,8-9,12-14,19H,6-7,10-11,15-16H2,1-2H3,(H2,23,24,25);1H. The van der Waals surface area contributed by atoms with Crippen LogP contribution in [0.5, 0.6) is 11.5 Å². The van der Waals surface area contributed by atoms with Crippen LogP contribution in [0.25, 0.3) is 0 Å². The van der Waals surface area contributed by atoms with Gasteiger partial charge in [0.05, 0.1) is 7.11 Å². The number of methoxy groups -OCH3 is 1. The molecule has 0 amide bonds. The van der Waals surface area contributed by atoms with Crippen LogP contribution in [-0.4, -0.2) is 26.2 Å². The van der Waals surface area contributed by atoms with Gasteiger partial charge in [0.25, 0.3) is 0 Å². The van der Waals surface area contributed by atoms with Crippen LogP contribution >= 0.6 is 24.0 Å². The topological polar surface area (TPSA) is 54.9 Å². The molecule has 152 valence electrons. The van der Waals surface area contributed by atoms with Crippen LogP contribution in [0, 0.1) is 0 Å². The normalized spacial score (nSPS) is 14.3. The van der Waals surface area contributed by atoms with Crippen LogP contribution in [0.15, 0.2) is 53.5 Å². The van der Waals surface area contributed by atoms with Crippen LogP contribution < -0.4 is 20.1 Å².